The van der Waals surface area contributed by atoms with Gasteiger partial charge in [-0.15, -0.1) is 0 Å². The van der Waals surface area contributed by atoms with Crippen molar-refractivity contribution in [1.29, 1.82) is 0 Å². The number of hydrogen-bond acceptors (Lipinski definition) is 6. The van der Waals surface area contributed by atoms with E-state index in [0.717, 1.165) is 0 Å². The fourth-order valence-electron chi connectivity index (χ4n) is 1.54. The van der Waals surface area contributed by atoms with E-state index in [1.165, 1.54) is 31.2 Å². The summed E-state index contributed by atoms with van der Waals surface area (Å²) in [5.41, 5.74) is 0.626. The van der Waals surface area contributed by atoms with Gasteiger partial charge >= 0.3 is 12.1 Å². The number of carbonyl (C=O) groups is 2. The van der Waals surface area contributed by atoms with Crippen LogP contribution in [0.2, 0.25) is 0 Å². The van der Waals surface area contributed by atoms with Crippen molar-refractivity contribution in [3.63, 3.8) is 0 Å². The number of rotatable bonds is 8. The first-order chi connectivity index (χ1) is 11.3. The largest absolute Gasteiger partial charge is 0.459 e. The molecule has 8 nitrogen and oxygen atoms in total. The zero-order valence-corrected chi connectivity index (χ0v) is 14.3. The molecule has 0 spiro atoms. The number of nitrogens with one attached hydrogen (secondary N) is 2. The number of amides is 1. The highest BCUT2D eigenvalue weighted by Crippen LogP contribution is 2.14. The third-order valence-corrected chi connectivity index (χ3v) is 4.20. The van der Waals surface area contributed by atoms with E-state index in [1.54, 1.807) is 6.92 Å². The van der Waals surface area contributed by atoms with Crippen molar-refractivity contribution in [3.8, 4) is 0 Å². The average molecular weight is 356 g/mol. The first kappa shape index (κ1) is 19.7. The molecule has 0 aliphatic heterocycles. The average Bonchev–Trinajstić information content (AvgIpc) is 2.51. The van der Waals surface area contributed by atoms with Crippen LogP contribution in [0.15, 0.2) is 41.3 Å². The van der Waals surface area contributed by atoms with Gasteiger partial charge in [-0.3, -0.25) is 5.32 Å². The number of hydrogen-bond donors (Lipinski definition) is 2. The van der Waals surface area contributed by atoms with Crippen LogP contribution in [0.5, 0.6) is 0 Å². The molecule has 1 aromatic rings. The fourth-order valence-corrected chi connectivity index (χ4v) is 2.58. The molecule has 0 radical (unpaired) electrons. The van der Waals surface area contributed by atoms with Gasteiger partial charge in [0.15, 0.2) is 0 Å². The Balaban J connectivity index is 2.45. The Hall–Kier alpha value is -2.39. The summed E-state index contributed by atoms with van der Waals surface area (Å²) in [5.74, 6) is -0.559. The first-order valence-corrected chi connectivity index (χ1v) is 8.60. The van der Waals surface area contributed by atoms with Crippen LogP contribution in [-0.2, 0) is 24.3 Å². The lowest BCUT2D eigenvalue weighted by molar-refractivity contribution is -0.139. The smallest absolute Gasteiger partial charge is 0.411 e. The molecule has 0 unspecified atom stereocenters. The molecule has 2 N–H and O–H groups in total. The zero-order chi connectivity index (χ0) is 18.2. The second-order valence-corrected chi connectivity index (χ2v) is 6.47. The molecule has 0 heterocycles. The summed E-state index contributed by atoms with van der Waals surface area (Å²) in [6.45, 7) is 6.69. The summed E-state index contributed by atoms with van der Waals surface area (Å²) in [6.07, 6.45) is -0.747. The van der Waals surface area contributed by atoms with E-state index in [1.807, 2.05) is 0 Å². The minimum atomic E-state index is -3.54. The van der Waals surface area contributed by atoms with E-state index in [-0.39, 0.29) is 30.2 Å². The quantitative estimate of drug-likeness (QED) is 0.416. The Morgan fingerprint density at radius 2 is 1.71 bits per heavy atom. The van der Waals surface area contributed by atoms with Crippen molar-refractivity contribution in [3.05, 3.63) is 36.4 Å². The second kappa shape index (κ2) is 9.04. The molecule has 0 atom stereocenters. The topological polar surface area (TPSA) is 111 Å². The van der Waals surface area contributed by atoms with Gasteiger partial charge in [0.05, 0.1) is 4.90 Å². The fraction of sp³-hybridized carbons (Fsp3) is 0.333. The number of benzene rings is 1. The summed E-state index contributed by atoms with van der Waals surface area (Å²) in [5, 5.41) is 2.43. The van der Waals surface area contributed by atoms with Crippen LogP contribution in [0.3, 0.4) is 0 Å². The highest BCUT2D eigenvalue weighted by atomic mass is 32.2. The Labute approximate surface area is 140 Å². The van der Waals surface area contributed by atoms with Crippen molar-refractivity contribution >= 4 is 27.8 Å². The summed E-state index contributed by atoms with van der Waals surface area (Å²) < 4.78 is 35.5. The van der Waals surface area contributed by atoms with Gasteiger partial charge in [-0.25, -0.2) is 22.7 Å². The molecule has 9 heteroatoms. The normalized spacial score (nSPS) is 10.8. The van der Waals surface area contributed by atoms with Crippen molar-refractivity contribution in [2.24, 2.45) is 0 Å². The SMILES string of the molecule is C=C(C)C(=O)OCCOC(=O)Nc1ccc(S(=O)(=O)NCC)cc1. The van der Waals surface area contributed by atoms with Crippen LogP contribution in [0, 0.1) is 0 Å². The molecule has 0 saturated heterocycles. The highest BCUT2D eigenvalue weighted by Gasteiger charge is 2.12. The maximum atomic E-state index is 11.8. The monoisotopic (exact) mass is 356 g/mol. The van der Waals surface area contributed by atoms with Crippen LogP contribution in [0.4, 0.5) is 10.5 Å². The Kier molecular flexibility index (Phi) is 7.40. The molecule has 0 fully saturated rings. The molecule has 132 valence electrons. The summed E-state index contributed by atoms with van der Waals surface area (Å²) in [6, 6.07) is 5.60. The molecule has 24 heavy (non-hydrogen) atoms. The predicted octanol–water partition coefficient (Wildman–Crippen LogP) is 1.65. The Morgan fingerprint density at radius 1 is 1.12 bits per heavy atom. The van der Waals surface area contributed by atoms with Crippen molar-refractivity contribution in [1.82, 2.24) is 4.72 Å². The van der Waals surface area contributed by atoms with Crippen LogP contribution in [0.1, 0.15) is 13.8 Å². The van der Waals surface area contributed by atoms with Crippen molar-refractivity contribution in [2.45, 2.75) is 18.7 Å². The van der Waals surface area contributed by atoms with Gasteiger partial charge < -0.3 is 9.47 Å². The minimum absolute atomic E-state index is 0.0843. The molecular formula is C15H20N2O6S. The van der Waals surface area contributed by atoms with Crippen molar-refractivity contribution < 1.29 is 27.5 Å². The first-order valence-electron chi connectivity index (χ1n) is 7.12. The highest BCUT2D eigenvalue weighted by molar-refractivity contribution is 7.89. The van der Waals surface area contributed by atoms with Gasteiger partial charge in [0.1, 0.15) is 13.2 Å². The maximum absolute atomic E-state index is 11.8. The summed E-state index contributed by atoms with van der Waals surface area (Å²) in [7, 11) is -3.54. The molecule has 1 amide bonds. The zero-order valence-electron chi connectivity index (χ0n) is 13.5. The van der Waals surface area contributed by atoms with E-state index in [4.69, 9.17) is 9.47 Å². The predicted molar refractivity (Wildman–Crippen MR) is 88.0 cm³/mol. The lowest BCUT2D eigenvalue weighted by atomic mass is 10.3. The van der Waals surface area contributed by atoms with Gasteiger partial charge in [-0.2, -0.15) is 0 Å². The van der Waals surface area contributed by atoms with Gasteiger partial charge in [0, 0.05) is 17.8 Å². The molecular weight excluding hydrogens is 336 g/mol. The summed E-state index contributed by atoms with van der Waals surface area (Å²) >= 11 is 0. The molecule has 1 rings (SSSR count). The Bertz CT molecular complexity index is 697. The van der Waals surface area contributed by atoms with Gasteiger partial charge in [-0.1, -0.05) is 13.5 Å². The number of anilines is 1. The van der Waals surface area contributed by atoms with E-state index in [0.29, 0.717) is 5.69 Å². The molecule has 0 saturated carbocycles. The van der Waals surface area contributed by atoms with E-state index in [2.05, 4.69) is 16.6 Å². The molecule has 0 aliphatic rings. The standard InChI is InChI=1S/C15H20N2O6S/c1-4-16-24(20,21)13-7-5-12(6-8-13)17-15(19)23-10-9-22-14(18)11(2)3/h5-8,16H,2,4,9-10H2,1,3H3,(H,17,19). The van der Waals surface area contributed by atoms with Crippen molar-refractivity contribution in [2.75, 3.05) is 25.1 Å². The number of esters is 1. The van der Waals surface area contributed by atoms with Crippen LogP contribution < -0.4 is 10.0 Å². The van der Waals surface area contributed by atoms with Gasteiger partial charge in [0.2, 0.25) is 10.0 Å². The van der Waals surface area contributed by atoms with Gasteiger partial charge in [-0.05, 0) is 31.2 Å². The van der Waals surface area contributed by atoms with E-state index >= 15 is 0 Å². The third-order valence-electron chi connectivity index (χ3n) is 2.64. The molecule has 0 aromatic heterocycles. The maximum Gasteiger partial charge on any atom is 0.411 e. The Morgan fingerprint density at radius 3 is 2.25 bits per heavy atom. The molecule has 0 bridgehead atoms. The number of ether oxygens (including phenoxy) is 2. The molecule has 1 aromatic carbocycles. The van der Waals surface area contributed by atoms with Gasteiger partial charge in [0.25, 0.3) is 0 Å². The minimum Gasteiger partial charge on any atom is -0.459 e. The lowest BCUT2D eigenvalue weighted by Crippen LogP contribution is -2.23. The molecule has 0 aliphatic carbocycles. The van der Waals surface area contributed by atoms with Crippen LogP contribution >= 0.6 is 0 Å². The van der Waals surface area contributed by atoms with Crippen LogP contribution in [0.25, 0.3) is 0 Å². The van der Waals surface area contributed by atoms with E-state index < -0.39 is 22.1 Å². The third kappa shape index (κ3) is 6.39. The number of sulfonamides is 1. The summed E-state index contributed by atoms with van der Waals surface area (Å²) in [4.78, 5) is 22.8. The lowest BCUT2D eigenvalue weighted by Gasteiger charge is -2.09. The van der Waals surface area contributed by atoms with Crippen LogP contribution in [-0.4, -0.2) is 40.2 Å². The number of carbonyl (C=O) groups excluding carboxylic acids is 2. The van der Waals surface area contributed by atoms with E-state index in [9.17, 15) is 18.0 Å². The second-order valence-electron chi connectivity index (χ2n) is 4.70.